The van der Waals surface area contributed by atoms with Crippen molar-refractivity contribution in [1.82, 2.24) is 15.5 Å². The Balaban J connectivity index is 0.00000364. The van der Waals surface area contributed by atoms with Gasteiger partial charge in [0.2, 0.25) is 5.91 Å². The molecule has 1 aromatic carbocycles. The second kappa shape index (κ2) is 12.9. The molecule has 0 spiro atoms. The van der Waals surface area contributed by atoms with Crippen molar-refractivity contribution < 1.29 is 4.79 Å². The third-order valence-corrected chi connectivity index (χ3v) is 5.11. The van der Waals surface area contributed by atoms with Crippen molar-refractivity contribution in [3.63, 3.8) is 0 Å². The maximum Gasteiger partial charge on any atom is 0.220 e. The average Bonchev–Trinajstić information content (AvgIpc) is 2.65. The minimum atomic E-state index is -0.140. The number of nitrogens with zero attached hydrogens (tertiary/aromatic N) is 2. The maximum atomic E-state index is 11.2. The lowest BCUT2D eigenvalue weighted by Gasteiger charge is -2.30. The highest BCUT2D eigenvalue weighted by atomic mass is 127. The third-order valence-electron chi connectivity index (χ3n) is 5.11. The molecule has 1 aliphatic rings. The molecule has 2 rings (SSSR count). The molecule has 1 fully saturated rings. The molecule has 0 aromatic heterocycles. The van der Waals surface area contributed by atoms with Crippen LogP contribution in [-0.2, 0) is 11.3 Å². The molecule has 0 radical (unpaired) electrons. The number of aryl methyl sites for hydroxylation is 1. The van der Waals surface area contributed by atoms with Gasteiger partial charge in [0.05, 0.1) is 0 Å². The highest BCUT2D eigenvalue weighted by Gasteiger charge is 2.22. The Morgan fingerprint density at radius 3 is 2.56 bits per heavy atom. The van der Waals surface area contributed by atoms with E-state index in [0.29, 0.717) is 0 Å². The summed E-state index contributed by atoms with van der Waals surface area (Å²) in [5, 5.41) is 6.74. The van der Waals surface area contributed by atoms with Gasteiger partial charge in [0, 0.05) is 26.1 Å². The van der Waals surface area contributed by atoms with Gasteiger partial charge in [-0.05, 0) is 63.4 Å². The van der Waals surface area contributed by atoms with Crippen LogP contribution in [-0.4, -0.2) is 50.0 Å². The molecule has 1 aromatic rings. The number of halogens is 1. The number of piperidine rings is 1. The summed E-state index contributed by atoms with van der Waals surface area (Å²) in [6.07, 6.45) is 4.05. The van der Waals surface area contributed by atoms with E-state index in [1.165, 1.54) is 11.1 Å². The van der Waals surface area contributed by atoms with Gasteiger partial charge in [-0.2, -0.15) is 0 Å². The molecule has 27 heavy (non-hydrogen) atoms. The van der Waals surface area contributed by atoms with E-state index in [1.807, 2.05) is 0 Å². The molecule has 1 aliphatic heterocycles. The van der Waals surface area contributed by atoms with Crippen LogP contribution in [0.3, 0.4) is 0 Å². The van der Waals surface area contributed by atoms with E-state index >= 15 is 0 Å². The van der Waals surface area contributed by atoms with E-state index < -0.39 is 0 Å². The highest BCUT2D eigenvalue weighted by molar-refractivity contribution is 14.0. The van der Waals surface area contributed by atoms with Crippen molar-refractivity contribution >= 4 is 35.8 Å². The van der Waals surface area contributed by atoms with Crippen LogP contribution in [0.1, 0.15) is 36.8 Å². The number of nitrogens with one attached hydrogen (secondary N) is 2. The molecule has 0 atom stereocenters. The van der Waals surface area contributed by atoms with E-state index in [4.69, 9.17) is 5.73 Å². The molecule has 0 bridgehead atoms. The SMILES string of the molecule is CN=C(NCCCCN1CCC(C(N)=O)CC1)NCc1ccccc1C.I. The summed E-state index contributed by atoms with van der Waals surface area (Å²) in [4.78, 5) is 17.9. The number of aliphatic imine (C=N–C) groups is 1. The number of amides is 1. The number of likely N-dealkylation sites (tertiary alicyclic amines) is 1. The fourth-order valence-electron chi connectivity index (χ4n) is 3.32. The van der Waals surface area contributed by atoms with Crippen molar-refractivity contribution in [2.45, 2.75) is 39.2 Å². The van der Waals surface area contributed by atoms with Crippen LogP contribution in [0.2, 0.25) is 0 Å². The van der Waals surface area contributed by atoms with Gasteiger partial charge >= 0.3 is 0 Å². The molecule has 0 saturated carbocycles. The summed E-state index contributed by atoms with van der Waals surface area (Å²) in [7, 11) is 1.80. The number of primary amides is 1. The average molecular weight is 487 g/mol. The number of benzene rings is 1. The summed E-state index contributed by atoms with van der Waals surface area (Å²) < 4.78 is 0. The van der Waals surface area contributed by atoms with Gasteiger partial charge in [-0.25, -0.2) is 0 Å². The standard InChI is InChI=1S/C20H33N5O.HI/c1-16-7-3-4-8-18(16)15-24-20(22-2)23-11-5-6-12-25-13-9-17(10-14-25)19(21)26;/h3-4,7-8,17H,5-6,9-15H2,1-2H3,(H2,21,26)(H2,22,23,24);1H. The van der Waals surface area contributed by atoms with Crippen molar-refractivity contribution in [2.75, 3.05) is 33.2 Å². The van der Waals surface area contributed by atoms with Crippen molar-refractivity contribution in [3.8, 4) is 0 Å². The second-order valence-electron chi connectivity index (χ2n) is 7.00. The lowest BCUT2D eigenvalue weighted by Crippen LogP contribution is -2.39. The van der Waals surface area contributed by atoms with Crippen LogP contribution in [0.4, 0.5) is 0 Å². The first-order chi connectivity index (χ1) is 12.6. The second-order valence-corrected chi connectivity index (χ2v) is 7.00. The van der Waals surface area contributed by atoms with Gasteiger partial charge < -0.3 is 21.3 Å². The summed E-state index contributed by atoms with van der Waals surface area (Å²) in [6.45, 7) is 6.87. The fraction of sp³-hybridized carbons (Fsp3) is 0.600. The number of hydrogen-bond donors (Lipinski definition) is 3. The minimum Gasteiger partial charge on any atom is -0.369 e. The van der Waals surface area contributed by atoms with Gasteiger partial charge in [0.1, 0.15) is 0 Å². The number of carbonyl (C=O) groups excluding carboxylic acids is 1. The quantitative estimate of drug-likeness (QED) is 0.228. The van der Waals surface area contributed by atoms with Crippen LogP contribution in [0.25, 0.3) is 0 Å². The zero-order valence-electron chi connectivity index (χ0n) is 16.5. The van der Waals surface area contributed by atoms with Crippen LogP contribution in [0.5, 0.6) is 0 Å². The molecule has 7 heteroatoms. The summed E-state index contributed by atoms with van der Waals surface area (Å²) >= 11 is 0. The van der Waals surface area contributed by atoms with Crippen molar-refractivity contribution in [1.29, 1.82) is 0 Å². The van der Waals surface area contributed by atoms with Crippen LogP contribution in [0.15, 0.2) is 29.3 Å². The first kappa shape index (κ1) is 23.7. The number of guanidine groups is 1. The molecule has 1 amide bonds. The predicted molar refractivity (Wildman–Crippen MR) is 122 cm³/mol. The monoisotopic (exact) mass is 487 g/mol. The Hall–Kier alpha value is -1.35. The van der Waals surface area contributed by atoms with Crippen molar-refractivity contribution in [2.24, 2.45) is 16.6 Å². The number of rotatable bonds is 8. The Labute approximate surface area is 180 Å². The first-order valence-corrected chi connectivity index (χ1v) is 9.61. The largest absolute Gasteiger partial charge is 0.369 e. The Morgan fingerprint density at radius 1 is 1.22 bits per heavy atom. The minimum absolute atomic E-state index is 0. The molecule has 0 aliphatic carbocycles. The zero-order chi connectivity index (χ0) is 18.8. The summed E-state index contributed by atoms with van der Waals surface area (Å²) in [5.74, 6) is 0.782. The topological polar surface area (TPSA) is 82.8 Å². The van der Waals surface area contributed by atoms with Gasteiger partial charge in [-0.3, -0.25) is 9.79 Å². The van der Waals surface area contributed by atoms with E-state index in [-0.39, 0.29) is 35.8 Å². The number of nitrogens with two attached hydrogens (primary N) is 1. The molecule has 1 heterocycles. The molecular formula is C20H34IN5O. The lowest BCUT2D eigenvalue weighted by atomic mass is 9.96. The van der Waals surface area contributed by atoms with Crippen LogP contribution in [0, 0.1) is 12.8 Å². The van der Waals surface area contributed by atoms with Crippen molar-refractivity contribution in [3.05, 3.63) is 35.4 Å². The van der Waals surface area contributed by atoms with E-state index in [2.05, 4.69) is 51.7 Å². The van der Waals surface area contributed by atoms with Gasteiger partial charge in [0.15, 0.2) is 5.96 Å². The Bertz CT molecular complexity index is 600. The summed E-state index contributed by atoms with van der Waals surface area (Å²) in [5.41, 5.74) is 7.96. The third kappa shape index (κ3) is 8.47. The Morgan fingerprint density at radius 2 is 1.93 bits per heavy atom. The maximum absolute atomic E-state index is 11.2. The normalized spacial score (nSPS) is 15.9. The first-order valence-electron chi connectivity index (χ1n) is 9.61. The molecule has 152 valence electrons. The van der Waals surface area contributed by atoms with E-state index in [9.17, 15) is 4.79 Å². The van der Waals surface area contributed by atoms with E-state index in [1.54, 1.807) is 7.05 Å². The Kier molecular flexibility index (Phi) is 11.3. The number of unbranched alkanes of at least 4 members (excludes halogenated alkanes) is 1. The van der Waals surface area contributed by atoms with E-state index in [0.717, 1.165) is 64.4 Å². The lowest BCUT2D eigenvalue weighted by molar-refractivity contribution is -0.123. The number of hydrogen-bond acceptors (Lipinski definition) is 3. The van der Waals surface area contributed by atoms with Gasteiger partial charge in [-0.1, -0.05) is 24.3 Å². The molecular weight excluding hydrogens is 453 g/mol. The van der Waals surface area contributed by atoms with Gasteiger partial charge in [-0.15, -0.1) is 24.0 Å². The van der Waals surface area contributed by atoms with Crippen LogP contribution >= 0.6 is 24.0 Å². The summed E-state index contributed by atoms with van der Waals surface area (Å²) in [6, 6.07) is 8.38. The highest BCUT2D eigenvalue weighted by Crippen LogP contribution is 2.16. The fourth-order valence-corrected chi connectivity index (χ4v) is 3.32. The number of carbonyl (C=O) groups is 1. The van der Waals surface area contributed by atoms with Gasteiger partial charge in [0.25, 0.3) is 0 Å². The predicted octanol–water partition coefficient (Wildman–Crippen LogP) is 2.26. The molecule has 6 nitrogen and oxygen atoms in total. The molecule has 0 unspecified atom stereocenters. The molecule has 4 N–H and O–H groups in total. The van der Waals surface area contributed by atoms with Crippen LogP contribution < -0.4 is 16.4 Å². The zero-order valence-corrected chi connectivity index (χ0v) is 18.9. The molecule has 1 saturated heterocycles. The smallest absolute Gasteiger partial charge is 0.220 e.